The minimum absolute atomic E-state index is 0.0266. The van der Waals surface area contributed by atoms with E-state index in [9.17, 15) is 14.4 Å². The molecule has 6 nitrogen and oxygen atoms in total. The van der Waals surface area contributed by atoms with Crippen LogP contribution in [0.3, 0.4) is 0 Å². The lowest BCUT2D eigenvalue weighted by molar-refractivity contribution is -0.146. The van der Waals surface area contributed by atoms with E-state index in [4.69, 9.17) is 4.74 Å². The van der Waals surface area contributed by atoms with E-state index >= 15 is 0 Å². The molecule has 1 aromatic carbocycles. The Kier molecular flexibility index (Phi) is 11.1. The van der Waals surface area contributed by atoms with Crippen LogP contribution in [0.5, 0.6) is 0 Å². The average molecular weight is 459 g/mol. The summed E-state index contributed by atoms with van der Waals surface area (Å²) in [6, 6.07) is 7.57. The van der Waals surface area contributed by atoms with Gasteiger partial charge in [0.1, 0.15) is 6.61 Å². The molecule has 0 bridgehead atoms. The normalized spacial score (nSPS) is 14.8. The first-order chi connectivity index (χ1) is 15.4. The third-order valence-electron chi connectivity index (χ3n) is 5.27. The predicted molar refractivity (Wildman–Crippen MR) is 131 cm³/mol. The maximum absolute atomic E-state index is 12.4. The summed E-state index contributed by atoms with van der Waals surface area (Å²) in [5.74, 6) is 0.156. The topological polar surface area (TPSA) is 66.9 Å². The number of allylic oxidation sites excluding steroid dienone is 3. The first-order valence-corrected chi connectivity index (χ1v) is 12.1. The number of carbonyl (C=O) groups is 3. The summed E-state index contributed by atoms with van der Waals surface area (Å²) in [5, 5.41) is -0.0266. The van der Waals surface area contributed by atoms with Crippen LogP contribution in [0.4, 0.5) is 5.69 Å². The van der Waals surface area contributed by atoms with E-state index in [0.717, 1.165) is 43.3 Å². The number of hydrogen-bond donors (Lipinski definition) is 0. The second-order valence-electron chi connectivity index (χ2n) is 8.03. The van der Waals surface area contributed by atoms with Crippen LogP contribution in [0, 0.1) is 5.92 Å². The van der Waals surface area contributed by atoms with Crippen LogP contribution < -0.4 is 4.90 Å². The highest BCUT2D eigenvalue weighted by molar-refractivity contribution is 8.14. The van der Waals surface area contributed by atoms with Crippen LogP contribution in [0.1, 0.15) is 42.5 Å². The largest absolute Gasteiger partial charge is 0.464 e. The molecular formula is C25H34N2O4S. The number of ether oxygens (including phenoxy) is 1. The zero-order valence-electron chi connectivity index (χ0n) is 19.3. The summed E-state index contributed by atoms with van der Waals surface area (Å²) in [6.07, 6.45) is 11.7. The first-order valence-electron chi connectivity index (χ1n) is 11.1. The fraction of sp³-hybridized carbons (Fsp3) is 0.480. The van der Waals surface area contributed by atoms with Gasteiger partial charge in [0.2, 0.25) is 11.0 Å². The van der Waals surface area contributed by atoms with Gasteiger partial charge in [0.15, 0.2) is 0 Å². The number of hydrogen-bond acceptors (Lipinski definition) is 6. The van der Waals surface area contributed by atoms with Crippen LogP contribution in [0.15, 0.2) is 48.6 Å². The molecule has 0 radical (unpaired) electrons. The van der Waals surface area contributed by atoms with E-state index < -0.39 is 0 Å². The molecule has 1 unspecified atom stereocenters. The third kappa shape index (κ3) is 8.91. The molecule has 1 amide bonds. The van der Waals surface area contributed by atoms with Crippen molar-refractivity contribution in [3.63, 3.8) is 0 Å². The van der Waals surface area contributed by atoms with Crippen LogP contribution in [0.2, 0.25) is 0 Å². The molecule has 0 aromatic heterocycles. The number of rotatable bonds is 12. The van der Waals surface area contributed by atoms with E-state index in [0.29, 0.717) is 24.2 Å². The molecule has 0 spiro atoms. The Hall–Kier alpha value is -2.54. The summed E-state index contributed by atoms with van der Waals surface area (Å²) in [5.41, 5.74) is 1.69. The molecule has 0 saturated heterocycles. The van der Waals surface area contributed by atoms with E-state index in [-0.39, 0.29) is 29.5 Å². The van der Waals surface area contributed by atoms with Crippen LogP contribution in [-0.2, 0) is 14.3 Å². The van der Waals surface area contributed by atoms with Crippen LogP contribution >= 0.6 is 11.8 Å². The van der Waals surface area contributed by atoms with E-state index in [1.165, 1.54) is 0 Å². The van der Waals surface area contributed by atoms with Crippen molar-refractivity contribution in [2.45, 2.75) is 32.1 Å². The van der Waals surface area contributed by atoms with Crippen LogP contribution in [-0.4, -0.2) is 61.9 Å². The number of carbonyl (C=O) groups excluding carboxylic acids is 3. The Morgan fingerprint density at radius 2 is 1.78 bits per heavy atom. The summed E-state index contributed by atoms with van der Waals surface area (Å²) in [4.78, 5) is 39.7. The SMILES string of the molecule is CN(C)C(=O)CCCCCN(C)c1ccc(C(=O)SCCOC(=O)C2C=CC=CC2)cc1. The van der Waals surface area contributed by atoms with Gasteiger partial charge in [-0.2, -0.15) is 0 Å². The maximum Gasteiger partial charge on any atom is 0.313 e. The minimum atomic E-state index is -0.240. The van der Waals surface area contributed by atoms with Gasteiger partial charge in [-0.1, -0.05) is 42.5 Å². The second-order valence-corrected chi connectivity index (χ2v) is 9.09. The molecule has 1 aromatic rings. The summed E-state index contributed by atoms with van der Waals surface area (Å²) in [6.45, 7) is 1.12. The van der Waals surface area contributed by atoms with Gasteiger partial charge in [-0.25, -0.2) is 0 Å². The van der Waals surface area contributed by atoms with Crippen molar-refractivity contribution in [1.82, 2.24) is 4.90 Å². The second kappa shape index (κ2) is 13.8. The number of esters is 1. The molecule has 0 aliphatic heterocycles. The number of anilines is 1. The van der Waals surface area contributed by atoms with Crippen molar-refractivity contribution in [2.75, 3.05) is 44.9 Å². The average Bonchev–Trinajstić information content (AvgIpc) is 2.81. The Balaban J connectivity index is 1.64. The molecule has 1 atom stereocenters. The molecular weight excluding hydrogens is 424 g/mol. The first kappa shape index (κ1) is 25.7. The van der Waals surface area contributed by atoms with Crippen molar-refractivity contribution < 1.29 is 19.1 Å². The lowest BCUT2D eigenvalue weighted by atomic mass is 10.0. The monoisotopic (exact) mass is 458 g/mol. The Morgan fingerprint density at radius 3 is 2.44 bits per heavy atom. The molecule has 0 N–H and O–H groups in total. The summed E-state index contributed by atoms with van der Waals surface area (Å²) < 4.78 is 5.27. The van der Waals surface area contributed by atoms with Gasteiger partial charge in [-0.05, 0) is 43.5 Å². The Morgan fingerprint density at radius 1 is 1.03 bits per heavy atom. The Bertz CT molecular complexity index is 818. The molecule has 1 aliphatic carbocycles. The molecule has 0 fully saturated rings. The zero-order chi connectivity index (χ0) is 23.3. The van der Waals surface area contributed by atoms with E-state index in [2.05, 4.69) is 4.90 Å². The summed E-state index contributed by atoms with van der Waals surface area (Å²) >= 11 is 1.16. The van der Waals surface area contributed by atoms with Crippen LogP contribution in [0.25, 0.3) is 0 Å². The maximum atomic E-state index is 12.4. The van der Waals surface area contributed by atoms with Crippen molar-refractivity contribution in [1.29, 1.82) is 0 Å². The quantitative estimate of drug-likeness (QED) is 0.343. The van der Waals surface area contributed by atoms with Gasteiger partial charge < -0.3 is 14.5 Å². The van der Waals surface area contributed by atoms with Gasteiger partial charge in [-0.3, -0.25) is 14.4 Å². The fourth-order valence-corrected chi connectivity index (χ4v) is 3.88. The minimum Gasteiger partial charge on any atom is -0.464 e. The highest BCUT2D eigenvalue weighted by atomic mass is 32.2. The van der Waals surface area contributed by atoms with Gasteiger partial charge in [0.25, 0.3) is 0 Å². The highest BCUT2D eigenvalue weighted by Gasteiger charge is 2.17. The van der Waals surface area contributed by atoms with Crippen molar-refractivity contribution in [3.8, 4) is 0 Å². The molecule has 7 heteroatoms. The zero-order valence-corrected chi connectivity index (χ0v) is 20.1. The molecule has 1 aliphatic rings. The lowest BCUT2D eigenvalue weighted by Crippen LogP contribution is -2.21. The highest BCUT2D eigenvalue weighted by Crippen LogP contribution is 2.19. The molecule has 0 saturated carbocycles. The summed E-state index contributed by atoms with van der Waals surface area (Å²) in [7, 11) is 5.60. The number of benzene rings is 1. The van der Waals surface area contributed by atoms with Gasteiger partial charge in [0.05, 0.1) is 5.92 Å². The van der Waals surface area contributed by atoms with E-state index in [1.54, 1.807) is 19.0 Å². The van der Waals surface area contributed by atoms with Crippen molar-refractivity contribution in [2.24, 2.45) is 5.92 Å². The van der Waals surface area contributed by atoms with Gasteiger partial charge in [0, 0.05) is 51.1 Å². The molecule has 2 rings (SSSR count). The number of unbranched alkanes of at least 4 members (excludes halogenated alkanes) is 2. The molecule has 32 heavy (non-hydrogen) atoms. The fourth-order valence-electron chi connectivity index (χ4n) is 3.23. The van der Waals surface area contributed by atoms with Crippen molar-refractivity contribution in [3.05, 3.63) is 54.1 Å². The van der Waals surface area contributed by atoms with Crippen molar-refractivity contribution >= 4 is 34.4 Å². The molecule has 174 valence electrons. The standard InChI is InChI=1S/C25H34N2O4S/c1-26(2)23(28)12-8-5-9-17-27(3)22-15-13-21(14-16-22)25(30)32-19-18-31-24(29)20-10-6-4-7-11-20/h4,6-7,10,13-16,20H,5,8-9,11-12,17-19H2,1-3H3. The predicted octanol–water partition coefficient (Wildman–Crippen LogP) is 4.32. The number of amides is 1. The lowest BCUT2D eigenvalue weighted by Gasteiger charge is -2.19. The van der Waals surface area contributed by atoms with Gasteiger partial charge >= 0.3 is 5.97 Å². The van der Waals surface area contributed by atoms with E-state index in [1.807, 2.05) is 55.6 Å². The smallest absolute Gasteiger partial charge is 0.313 e. The molecule has 0 heterocycles. The Labute approximate surface area is 195 Å². The third-order valence-corrected chi connectivity index (χ3v) is 6.14. The van der Waals surface area contributed by atoms with Gasteiger partial charge in [-0.15, -0.1) is 0 Å². The number of nitrogens with zero attached hydrogens (tertiary/aromatic N) is 2. The number of thioether (sulfide) groups is 1.